The van der Waals surface area contributed by atoms with E-state index in [2.05, 4.69) is 21.4 Å². The quantitative estimate of drug-likeness (QED) is 0.776. The normalized spacial score (nSPS) is 10.8. The lowest BCUT2D eigenvalue weighted by molar-refractivity contribution is 0.206. The first-order valence-corrected chi connectivity index (χ1v) is 7.96. The first kappa shape index (κ1) is 14.6. The molecule has 0 spiro atoms. The molecular weight excluding hydrogens is 296 g/mol. The van der Waals surface area contributed by atoms with Gasteiger partial charge in [0.1, 0.15) is 0 Å². The van der Waals surface area contributed by atoms with Crippen molar-refractivity contribution in [3.8, 4) is 0 Å². The number of nitrogens with one attached hydrogen (secondary N) is 2. The Balaban J connectivity index is 1.57. The van der Waals surface area contributed by atoms with Crippen LogP contribution in [0.1, 0.15) is 16.4 Å². The summed E-state index contributed by atoms with van der Waals surface area (Å²) in [6.07, 6.45) is 0. The maximum Gasteiger partial charge on any atom is 0.317 e. The third-order valence-corrected chi connectivity index (χ3v) is 4.25. The lowest BCUT2D eigenvalue weighted by Crippen LogP contribution is -2.36. The van der Waals surface area contributed by atoms with Crippen LogP contribution < -0.4 is 5.32 Å². The summed E-state index contributed by atoms with van der Waals surface area (Å²) in [5.74, 6) is 0. The topological polar surface area (TPSA) is 61.0 Å². The van der Waals surface area contributed by atoms with Crippen molar-refractivity contribution in [2.24, 2.45) is 0 Å². The Hall–Kier alpha value is -2.34. The Bertz CT molecular complexity index is 759. The molecule has 0 aliphatic rings. The summed E-state index contributed by atoms with van der Waals surface area (Å²) in [4.78, 5) is 21.4. The van der Waals surface area contributed by atoms with Crippen molar-refractivity contribution in [3.63, 3.8) is 0 Å². The van der Waals surface area contributed by atoms with E-state index in [9.17, 15) is 4.79 Å². The molecule has 0 aliphatic heterocycles. The number of H-pyrrole nitrogens is 1. The molecule has 0 unspecified atom stereocenters. The van der Waals surface area contributed by atoms with E-state index >= 15 is 0 Å². The zero-order valence-corrected chi connectivity index (χ0v) is 13.4. The number of para-hydroxylation sites is 1. The zero-order chi connectivity index (χ0) is 15.5. The first-order chi connectivity index (χ1) is 10.6. The summed E-state index contributed by atoms with van der Waals surface area (Å²) in [5, 5.41) is 7.07. The second-order valence-corrected chi connectivity index (χ2v) is 6.32. The zero-order valence-electron chi connectivity index (χ0n) is 12.6. The highest BCUT2D eigenvalue weighted by Crippen LogP contribution is 2.14. The fourth-order valence-corrected chi connectivity index (χ4v) is 2.93. The van der Waals surface area contributed by atoms with Crippen molar-refractivity contribution in [2.45, 2.75) is 20.0 Å². The number of carbonyl (C=O) groups is 1. The molecule has 0 fully saturated rings. The Labute approximate surface area is 133 Å². The number of urea groups is 1. The average Bonchev–Trinajstić information content (AvgIpc) is 3.10. The van der Waals surface area contributed by atoms with E-state index in [-0.39, 0.29) is 6.03 Å². The molecule has 2 heterocycles. The average molecular weight is 314 g/mol. The number of thiazole rings is 1. The lowest BCUT2D eigenvalue weighted by atomic mass is 10.2. The SMILES string of the molecule is Cc1nc(CN(C)C(=O)NCc2cc3ccccc3[nH]2)cs1. The number of hydrogen-bond donors (Lipinski definition) is 2. The number of hydrogen-bond acceptors (Lipinski definition) is 3. The number of amides is 2. The Morgan fingerprint density at radius 3 is 2.95 bits per heavy atom. The van der Waals surface area contributed by atoms with Gasteiger partial charge in [0.05, 0.1) is 23.8 Å². The molecule has 3 aromatic rings. The Morgan fingerprint density at radius 2 is 2.23 bits per heavy atom. The van der Waals surface area contributed by atoms with Gasteiger partial charge in [0.15, 0.2) is 0 Å². The minimum atomic E-state index is -0.107. The van der Waals surface area contributed by atoms with E-state index in [1.54, 1.807) is 23.3 Å². The second kappa shape index (κ2) is 6.19. The van der Waals surface area contributed by atoms with Crippen LogP contribution in [-0.4, -0.2) is 27.9 Å². The third-order valence-electron chi connectivity index (χ3n) is 3.43. The summed E-state index contributed by atoms with van der Waals surface area (Å²) in [7, 11) is 1.77. The van der Waals surface area contributed by atoms with Crippen LogP contribution in [-0.2, 0) is 13.1 Å². The minimum Gasteiger partial charge on any atom is -0.357 e. The van der Waals surface area contributed by atoms with Gasteiger partial charge in [-0.3, -0.25) is 0 Å². The lowest BCUT2D eigenvalue weighted by Gasteiger charge is -2.16. The number of fused-ring (bicyclic) bond motifs is 1. The van der Waals surface area contributed by atoms with Gasteiger partial charge >= 0.3 is 6.03 Å². The summed E-state index contributed by atoms with van der Waals surface area (Å²) < 4.78 is 0. The molecule has 0 radical (unpaired) electrons. The standard InChI is InChI=1S/C16H18N4OS/c1-11-18-14(10-22-11)9-20(2)16(21)17-8-13-7-12-5-3-4-6-15(12)19-13/h3-7,10,19H,8-9H2,1-2H3,(H,17,21). The maximum absolute atomic E-state index is 12.1. The number of aromatic nitrogens is 2. The van der Waals surface area contributed by atoms with Crippen LogP contribution in [0.25, 0.3) is 10.9 Å². The van der Waals surface area contributed by atoms with Crippen LogP contribution in [0, 0.1) is 6.92 Å². The molecule has 2 aromatic heterocycles. The molecule has 6 heteroatoms. The Kier molecular flexibility index (Phi) is 4.11. The molecule has 0 atom stereocenters. The molecule has 0 aliphatic carbocycles. The van der Waals surface area contributed by atoms with Gasteiger partial charge in [0.25, 0.3) is 0 Å². The number of aromatic amines is 1. The molecule has 0 saturated heterocycles. The summed E-state index contributed by atoms with van der Waals surface area (Å²) in [6, 6.07) is 10.0. The summed E-state index contributed by atoms with van der Waals surface area (Å²) in [5.41, 5.74) is 3.00. The molecule has 0 saturated carbocycles. The molecule has 2 amide bonds. The van der Waals surface area contributed by atoms with Gasteiger partial charge in [-0.05, 0) is 24.4 Å². The fourth-order valence-electron chi connectivity index (χ4n) is 2.33. The molecule has 114 valence electrons. The van der Waals surface area contributed by atoms with Gasteiger partial charge < -0.3 is 15.2 Å². The molecular formula is C16H18N4OS. The largest absolute Gasteiger partial charge is 0.357 e. The van der Waals surface area contributed by atoms with Gasteiger partial charge in [-0.25, -0.2) is 9.78 Å². The second-order valence-electron chi connectivity index (χ2n) is 5.25. The third kappa shape index (κ3) is 3.28. The number of carbonyl (C=O) groups excluding carboxylic acids is 1. The van der Waals surface area contributed by atoms with Crippen LogP contribution in [0.15, 0.2) is 35.7 Å². The summed E-state index contributed by atoms with van der Waals surface area (Å²) in [6.45, 7) is 2.96. The van der Waals surface area contributed by atoms with E-state index in [0.717, 1.165) is 27.3 Å². The van der Waals surface area contributed by atoms with Crippen LogP contribution in [0.2, 0.25) is 0 Å². The van der Waals surface area contributed by atoms with E-state index in [0.29, 0.717) is 13.1 Å². The minimum absolute atomic E-state index is 0.107. The van der Waals surface area contributed by atoms with Gasteiger partial charge in [-0.1, -0.05) is 18.2 Å². The van der Waals surface area contributed by atoms with Crippen molar-refractivity contribution in [1.82, 2.24) is 20.2 Å². The van der Waals surface area contributed by atoms with E-state index in [4.69, 9.17) is 0 Å². The predicted octanol–water partition coefficient (Wildman–Crippen LogP) is 3.27. The molecule has 0 bridgehead atoms. The first-order valence-electron chi connectivity index (χ1n) is 7.08. The highest BCUT2D eigenvalue weighted by atomic mass is 32.1. The van der Waals surface area contributed by atoms with Crippen LogP contribution >= 0.6 is 11.3 Å². The van der Waals surface area contributed by atoms with Gasteiger partial charge in [-0.15, -0.1) is 11.3 Å². The number of benzene rings is 1. The number of aryl methyl sites for hydroxylation is 1. The van der Waals surface area contributed by atoms with Crippen molar-refractivity contribution in [3.05, 3.63) is 52.1 Å². The van der Waals surface area contributed by atoms with Crippen LogP contribution in [0.3, 0.4) is 0 Å². The fraction of sp³-hybridized carbons (Fsp3) is 0.250. The summed E-state index contributed by atoms with van der Waals surface area (Å²) >= 11 is 1.60. The van der Waals surface area contributed by atoms with Gasteiger partial charge in [-0.2, -0.15) is 0 Å². The molecule has 5 nitrogen and oxygen atoms in total. The molecule has 22 heavy (non-hydrogen) atoms. The van der Waals surface area contributed by atoms with E-state index in [1.807, 2.05) is 36.6 Å². The highest BCUT2D eigenvalue weighted by Gasteiger charge is 2.11. The monoisotopic (exact) mass is 314 g/mol. The maximum atomic E-state index is 12.1. The van der Waals surface area contributed by atoms with Crippen molar-refractivity contribution in [2.75, 3.05) is 7.05 Å². The van der Waals surface area contributed by atoms with Gasteiger partial charge in [0, 0.05) is 23.6 Å². The Morgan fingerprint density at radius 1 is 1.41 bits per heavy atom. The van der Waals surface area contributed by atoms with Crippen molar-refractivity contribution in [1.29, 1.82) is 0 Å². The number of nitrogens with zero attached hydrogens (tertiary/aromatic N) is 2. The highest BCUT2D eigenvalue weighted by molar-refractivity contribution is 7.09. The van der Waals surface area contributed by atoms with E-state index < -0.39 is 0 Å². The smallest absolute Gasteiger partial charge is 0.317 e. The van der Waals surface area contributed by atoms with Gasteiger partial charge in [0.2, 0.25) is 0 Å². The van der Waals surface area contributed by atoms with Crippen molar-refractivity contribution >= 4 is 28.3 Å². The molecule has 1 aromatic carbocycles. The van der Waals surface area contributed by atoms with Crippen LogP contribution in [0.5, 0.6) is 0 Å². The van der Waals surface area contributed by atoms with Crippen LogP contribution in [0.4, 0.5) is 4.79 Å². The number of rotatable bonds is 4. The van der Waals surface area contributed by atoms with E-state index in [1.165, 1.54) is 0 Å². The predicted molar refractivity (Wildman–Crippen MR) is 88.9 cm³/mol. The molecule has 3 rings (SSSR count). The van der Waals surface area contributed by atoms with Crippen molar-refractivity contribution < 1.29 is 4.79 Å². The molecule has 2 N–H and O–H groups in total.